The van der Waals surface area contributed by atoms with Crippen molar-refractivity contribution in [1.29, 1.82) is 0 Å². The van der Waals surface area contributed by atoms with Gasteiger partial charge >= 0.3 is 0 Å². The Morgan fingerprint density at radius 2 is 2.09 bits per heavy atom. The normalized spacial score (nSPS) is 17.7. The highest BCUT2D eigenvalue weighted by Gasteiger charge is 2.32. The second-order valence-electron chi connectivity index (χ2n) is 5.44. The minimum Gasteiger partial charge on any atom is -0.508 e. The summed E-state index contributed by atoms with van der Waals surface area (Å²) < 4.78 is 0. The molecule has 1 amide bonds. The van der Waals surface area contributed by atoms with Gasteiger partial charge in [0.1, 0.15) is 11.5 Å². The molecule has 114 valence electrons. The van der Waals surface area contributed by atoms with Crippen LogP contribution in [0.1, 0.15) is 40.5 Å². The molecule has 0 bridgehead atoms. The number of hydrogen-bond donors (Lipinski definition) is 2. The maximum absolute atomic E-state index is 12.8. The molecule has 0 saturated carbocycles. The van der Waals surface area contributed by atoms with E-state index in [0.29, 0.717) is 12.1 Å². The molecule has 1 aromatic carbocycles. The number of amides is 1. The number of carbonyl (C=O) groups is 1. The first kappa shape index (κ1) is 14.3. The van der Waals surface area contributed by atoms with Crippen molar-refractivity contribution in [2.45, 2.75) is 25.8 Å². The SMILES string of the molecule is Cc1cc(C(=O)N2CCCC2c2cnccn2)c(O)cc1O. The van der Waals surface area contributed by atoms with Crippen molar-refractivity contribution in [3.8, 4) is 11.5 Å². The van der Waals surface area contributed by atoms with Gasteiger partial charge < -0.3 is 15.1 Å². The number of aromatic nitrogens is 2. The van der Waals surface area contributed by atoms with E-state index in [0.717, 1.165) is 18.5 Å². The predicted molar refractivity (Wildman–Crippen MR) is 79.6 cm³/mol. The lowest BCUT2D eigenvalue weighted by Gasteiger charge is -2.24. The van der Waals surface area contributed by atoms with Gasteiger partial charge in [-0.05, 0) is 31.4 Å². The van der Waals surface area contributed by atoms with Crippen LogP contribution in [0.5, 0.6) is 11.5 Å². The van der Waals surface area contributed by atoms with Crippen molar-refractivity contribution in [2.24, 2.45) is 0 Å². The van der Waals surface area contributed by atoms with E-state index < -0.39 is 0 Å². The lowest BCUT2D eigenvalue weighted by Crippen LogP contribution is -2.31. The van der Waals surface area contributed by atoms with E-state index in [9.17, 15) is 15.0 Å². The number of aryl methyl sites for hydroxylation is 1. The van der Waals surface area contributed by atoms with Crippen LogP contribution in [0.4, 0.5) is 0 Å². The van der Waals surface area contributed by atoms with E-state index in [1.54, 1.807) is 30.4 Å². The summed E-state index contributed by atoms with van der Waals surface area (Å²) in [7, 11) is 0. The summed E-state index contributed by atoms with van der Waals surface area (Å²) in [6.45, 7) is 2.30. The Labute approximate surface area is 128 Å². The Hall–Kier alpha value is -2.63. The third-order valence-electron chi connectivity index (χ3n) is 3.98. The minimum atomic E-state index is -0.256. The van der Waals surface area contributed by atoms with Crippen LogP contribution in [-0.4, -0.2) is 37.5 Å². The first-order chi connectivity index (χ1) is 10.6. The van der Waals surface area contributed by atoms with Crippen molar-refractivity contribution in [3.05, 3.63) is 47.5 Å². The summed E-state index contributed by atoms with van der Waals surface area (Å²) in [5.41, 5.74) is 1.51. The van der Waals surface area contributed by atoms with E-state index >= 15 is 0 Å². The molecule has 2 heterocycles. The molecular weight excluding hydrogens is 282 g/mol. The smallest absolute Gasteiger partial charge is 0.258 e. The number of nitrogens with zero attached hydrogens (tertiary/aromatic N) is 3. The Balaban J connectivity index is 1.93. The first-order valence-corrected chi connectivity index (χ1v) is 7.17. The number of hydrogen-bond acceptors (Lipinski definition) is 5. The number of aromatic hydroxyl groups is 2. The largest absolute Gasteiger partial charge is 0.508 e. The molecule has 0 radical (unpaired) electrons. The van der Waals surface area contributed by atoms with E-state index in [1.807, 2.05) is 0 Å². The number of likely N-dealkylation sites (tertiary alicyclic amines) is 1. The van der Waals surface area contributed by atoms with Crippen LogP contribution in [-0.2, 0) is 0 Å². The lowest BCUT2D eigenvalue weighted by molar-refractivity contribution is 0.0729. The van der Waals surface area contributed by atoms with Crippen LogP contribution in [0.15, 0.2) is 30.7 Å². The molecule has 6 heteroatoms. The van der Waals surface area contributed by atoms with Crippen molar-refractivity contribution in [2.75, 3.05) is 6.54 Å². The summed E-state index contributed by atoms with van der Waals surface area (Å²) in [6.07, 6.45) is 6.57. The van der Waals surface area contributed by atoms with Gasteiger partial charge in [-0.15, -0.1) is 0 Å². The molecule has 1 aromatic heterocycles. The fraction of sp³-hybridized carbons (Fsp3) is 0.312. The van der Waals surface area contributed by atoms with Crippen LogP contribution in [0, 0.1) is 6.92 Å². The molecule has 1 atom stereocenters. The summed E-state index contributed by atoms with van der Waals surface area (Å²) in [6, 6.07) is 2.59. The predicted octanol–water partition coefficient (Wildman–Crippen LogP) is 2.17. The first-order valence-electron chi connectivity index (χ1n) is 7.17. The number of phenolic OH excluding ortho intramolecular Hbond substituents is 2. The molecule has 3 rings (SSSR count). The van der Waals surface area contributed by atoms with Gasteiger partial charge in [0.25, 0.3) is 5.91 Å². The average Bonchev–Trinajstić information content (AvgIpc) is 3.00. The summed E-state index contributed by atoms with van der Waals surface area (Å²) in [5, 5.41) is 19.6. The zero-order valence-electron chi connectivity index (χ0n) is 12.2. The molecule has 1 aliphatic rings. The summed E-state index contributed by atoms with van der Waals surface area (Å²) in [4.78, 5) is 22.8. The molecule has 0 spiro atoms. The Kier molecular flexibility index (Phi) is 3.66. The lowest BCUT2D eigenvalue weighted by atomic mass is 10.1. The molecule has 1 saturated heterocycles. The molecule has 0 aliphatic carbocycles. The molecule has 1 fully saturated rings. The monoisotopic (exact) mass is 299 g/mol. The highest BCUT2D eigenvalue weighted by atomic mass is 16.3. The van der Waals surface area contributed by atoms with E-state index in [1.165, 1.54) is 12.1 Å². The zero-order chi connectivity index (χ0) is 15.7. The molecule has 2 aromatic rings. The fourth-order valence-electron chi connectivity index (χ4n) is 2.81. The average molecular weight is 299 g/mol. The van der Waals surface area contributed by atoms with Crippen LogP contribution in [0.2, 0.25) is 0 Å². The standard InChI is InChI=1S/C16H17N3O3/c1-10-7-11(15(21)8-14(10)20)16(22)19-6-2-3-13(19)12-9-17-4-5-18-12/h4-5,7-9,13,20-21H,2-3,6H2,1H3. The van der Waals surface area contributed by atoms with Gasteiger partial charge in [-0.1, -0.05) is 0 Å². The Bertz CT molecular complexity index is 703. The maximum atomic E-state index is 12.8. The van der Waals surface area contributed by atoms with Gasteiger partial charge in [0.15, 0.2) is 0 Å². The maximum Gasteiger partial charge on any atom is 0.258 e. The third kappa shape index (κ3) is 2.47. The van der Waals surface area contributed by atoms with Gasteiger partial charge in [0.2, 0.25) is 0 Å². The molecule has 1 aliphatic heterocycles. The second-order valence-corrected chi connectivity index (χ2v) is 5.44. The molecule has 22 heavy (non-hydrogen) atoms. The van der Waals surface area contributed by atoms with E-state index in [4.69, 9.17) is 0 Å². The van der Waals surface area contributed by atoms with Gasteiger partial charge in [0, 0.05) is 25.0 Å². The summed E-state index contributed by atoms with van der Waals surface area (Å²) >= 11 is 0. The highest BCUT2D eigenvalue weighted by molar-refractivity contribution is 5.97. The van der Waals surface area contributed by atoms with Crippen LogP contribution in [0.3, 0.4) is 0 Å². The zero-order valence-corrected chi connectivity index (χ0v) is 12.2. The topological polar surface area (TPSA) is 86.6 Å². The third-order valence-corrected chi connectivity index (χ3v) is 3.98. The van der Waals surface area contributed by atoms with E-state index in [2.05, 4.69) is 9.97 Å². The summed E-state index contributed by atoms with van der Waals surface area (Å²) in [5.74, 6) is -0.493. The Morgan fingerprint density at radius 1 is 1.27 bits per heavy atom. The van der Waals surface area contributed by atoms with E-state index in [-0.39, 0.29) is 29.0 Å². The van der Waals surface area contributed by atoms with Crippen molar-refractivity contribution >= 4 is 5.91 Å². The highest BCUT2D eigenvalue weighted by Crippen LogP contribution is 2.34. The quantitative estimate of drug-likeness (QED) is 0.887. The van der Waals surface area contributed by atoms with Crippen molar-refractivity contribution in [1.82, 2.24) is 14.9 Å². The van der Waals surface area contributed by atoms with Gasteiger partial charge in [-0.3, -0.25) is 14.8 Å². The van der Waals surface area contributed by atoms with Crippen molar-refractivity contribution in [3.63, 3.8) is 0 Å². The van der Waals surface area contributed by atoms with Crippen LogP contribution in [0.25, 0.3) is 0 Å². The van der Waals surface area contributed by atoms with Gasteiger partial charge in [-0.2, -0.15) is 0 Å². The molecule has 1 unspecified atom stereocenters. The molecule has 6 nitrogen and oxygen atoms in total. The number of rotatable bonds is 2. The van der Waals surface area contributed by atoms with Gasteiger partial charge in [0.05, 0.1) is 23.5 Å². The Morgan fingerprint density at radius 3 is 2.82 bits per heavy atom. The minimum absolute atomic E-state index is 0.0269. The second kappa shape index (κ2) is 5.63. The van der Waals surface area contributed by atoms with Crippen LogP contribution >= 0.6 is 0 Å². The van der Waals surface area contributed by atoms with Gasteiger partial charge in [-0.25, -0.2) is 0 Å². The number of carbonyl (C=O) groups excluding carboxylic acids is 1. The number of benzene rings is 1. The van der Waals surface area contributed by atoms with Crippen LogP contribution < -0.4 is 0 Å². The number of phenols is 2. The molecular formula is C16H17N3O3. The molecule has 2 N–H and O–H groups in total. The van der Waals surface area contributed by atoms with Crippen molar-refractivity contribution < 1.29 is 15.0 Å². The fourth-order valence-corrected chi connectivity index (χ4v) is 2.81.